The maximum atomic E-state index is 10.9. The molecule has 20 heavy (non-hydrogen) atoms. The molecule has 110 valence electrons. The Labute approximate surface area is 117 Å². The fraction of sp³-hybridized carbons (Fsp3) is 0.667. The minimum Gasteiger partial charge on any atom is -0.368 e. The van der Waals surface area contributed by atoms with Crippen LogP contribution in [0.4, 0.5) is 17.5 Å². The van der Waals surface area contributed by atoms with Crippen molar-refractivity contribution in [1.82, 2.24) is 14.9 Å². The number of nitrogens with zero attached hydrogens (tertiary/aromatic N) is 4. The fourth-order valence-corrected chi connectivity index (χ4v) is 2.29. The molecule has 0 aliphatic carbocycles. The molecule has 1 aliphatic heterocycles. The van der Waals surface area contributed by atoms with Gasteiger partial charge >= 0.3 is 5.69 Å². The lowest BCUT2D eigenvalue weighted by Crippen LogP contribution is -2.40. The third-order valence-corrected chi connectivity index (χ3v) is 3.86. The number of nitrogens with two attached hydrogens (primary N) is 1. The fourth-order valence-electron chi connectivity index (χ4n) is 2.29. The molecule has 1 aromatic heterocycles. The lowest BCUT2D eigenvalue weighted by atomic mass is 9.80. The van der Waals surface area contributed by atoms with Gasteiger partial charge in [0.2, 0.25) is 11.8 Å². The third kappa shape index (κ3) is 3.32. The number of likely N-dealkylation sites (tertiary alicyclic amines) is 1. The van der Waals surface area contributed by atoms with Crippen LogP contribution < -0.4 is 11.1 Å². The molecule has 0 aromatic carbocycles. The molecule has 0 saturated carbocycles. The van der Waals surface area contributed by atoms with Crippen molar-refractivity contribution in [3.63, 3.8) is 0 Å². The molecule has 0 radical (unpaired) electrons. The van der Waals surface area contributed by atoms with Crippen LogP contribution >= 0.6 is 0 Å². The van der Waals surface area contributed by atoms with Gasteiger partial charge in [0, 0.05) is 6.54 Å². The first-order chi connectivity index (χ1) is 9.39. The Morgan fingerprint density at radius 1 is 1.55 bits per heavy atom. The SMILES string of the molecule is CN1CCC(C)(CNc2nc(N)ncc2[N+](=O)[O-])CC1. The Hall–Kier alpha value is -1.96. The van der Waals surface area contributed by atoms with Gasteiger partial charge in [0.05, 0.1) is 4.92 Å². The van der Waals surface area contributed by atoms with Gasteiger partial charge in [-0.2, -0.15) is 4.98 Å². The highest BCUT2D eigenvalue weighted by atomic mass is 16.6. The summed E-state index contributed by atoms with van der Waals surface area (Å²) >= 11 is 0. The predicted octanol–water partition coefficient (Wildman–Crippen LogP) is 1.11. The second-order valence-corrected chi connectivity index (χ2v) is 5.69. The molecule has 0 spiro atoms. The van der Waals surface area contributed by atoms with Gasteiger partial charge < -0.3 is 16.0 Å². The monoisotopic (exact) mass is 280 g/mol. The lowest BCUT2D eigenvalue weighted by molar-refractivity contribution is -0.384. The highest BCUT2D eigenvalue weighted by Gasteiger charge is 2.29. The van der Waals surface area contributed by atoms with Crippen LogP contribution in [-0.4, -0.2) is 46.5 Å². The summed E-state index contributed by atoms with van der Waals surface area (Å²) in [4.78, 5) is 20.3. The molecule has 3 N–H and O–H groups in total. The van der Waals surface area contributed by atoms with Crippen LogP contribution in [0.2, 0.25) is 0 Å². The molecule has 2 rings (SSSR count). The highest BCUT2D eigenvalue weighted by molar-refractivity contribution is 5.56. The van der Waals surface area contributed by atoms with E-state index < -0.39 is 4.92 Å². The number of hydrogen-bond acceptors (Lipinski definition) is 7. The summed E-state index contributed by atoms with van der Waals surface area (Å²) in [5.74, 6) is 0.231. The van der Waals surface area contributed by atoms with Gasteiger partial charge in [-0.15, -0.1) is 0 Å². The van der Waals surface area contributed by atoms with Crippen molar-refractivity contribution in [3.05, 3.63) is 16.3 Å². The number of rotatable bonds is 4. The molecule has 8 heteroatoms. The maximum absolute atomic E-state index is 10.9. The van der Waals surface area contributed by atoms with E-state index in [1.165, 1.54) is 0 Å². The van der Waals surface area contributed by atoms with Crippen LogP contribution in [-0.2, 0) is 0 Å². The van der Waals surface area contributed by atoms with E-state index in [1.807, 2.05) is 0 Å². The van der Waals surface area contributed by atoms with Crippen LogP contribution in [0, 0.1) is 15.5 Å². The number of hydrogen-bond donors (Lipinski definition) is 2. The van der Waals surface area contributed by atoms with Gasteiger partial charge in [-0.1, -0.05) is 6.92 Å². The maximum Gasteiger partial charge on any atom is 0.329 e. The number of aromatic nitrogens is 2. The summed E-state index contributed by atoms with van der Waals surface area (Å²) in [6.07, 6.45) is 3.23. The van der Waals surface area contributed by atoms with Crippen LogP contribution in [0.3, 0.4) is 0 Å². The van der Waals surface area contributed by atoms with E-state index in [9.17, 15) is 10.1 Å². The van der Waals surface area contributed by atoms with E-state index in [0.29, 0.717) is 6.54 Å². The summed E-state index contributed by atoms with van der Waals surface area (Å²) in [5, 5.41) is 14.0. The smallest absolute Gasteiger partial charge is 0.329 e. The lowest BCUT2D eigenvalue weighted by Gasteiger charge is -2.38. The van der Waals surface area contributed by atoms with Crippen LogP contribution in [0.5, 0.6) is 0 Å². The molecule has 0 amide bonds. The minimum atomic E-state index is -0.501. The van der Waals surface area contributed by atoms with Gasteiger partial charge in [-0.3, -0.25) is 10.1 Å². The van der Waals surface area contributed by atoms with Crippen molar-refractivity contribution in [2.75, 3.05) is 37.7 Å². The average molecular weight is 280 g/mol. The second kappa shape index (κ2) is 5.58. The van der Waals surface area contributed by atoms with Crippen LogP contribution in [0.1, 0.15) is 19.8 Å². The van der Waals surface area contributed by atoms with Gasteiger partial charge in [-0.05, 0) is 38.4 Å². The number of anilines is 2. The zero-order valence-corrected chi connectivity index (χ0v) is 11.8. The Kier molecular flexibility index (Phi) is 4.03. The summed E-state index contributed by atoms with van der Waals surface area (Å²) < 4.78 is 0. The van der Waals surface area contributed by atoms with E-state index in [2.05, 4.69) is 34.2 Å². The molecule has 0 atom stereocenters. The minimum absolute atomic E-state index is 0.0339. The summed E-state index contributed by atoms with van der Waals surface area (Å²) in [7, 11) is 2.10. The van der Waals surface area contributed by atoms with Gasteiger partial charge in [0.25, 0.3) is 0 Å². The molecule has 1 saturated heterocycles. The molecule has 0 bridgehead atoms. The van der Waals surface area contributed by atoms with E-state index in [1.54, 1.807) is 0 Å². The summed E-state index contributed by atoms with van der Waals surface area (Å²) in [6, 6.07) is 0. The van der Waals surface area contributed by atoms with Crippen molar-refractivity contribution in [2.24, 2.45) is 5.41 Å². The quantitative estimate of drug-likeness (QED) is 0.627. The Morgan fingerprint density at radius 2 is 2.20 bits per heavy atom. The van der Waals surface area contributed by atoms with E-state index in [-0.39, 0.29) is 22.9 Å². The molecule has 1 fully saturated rings. The molecular weight excluding hydrogens is 260 g/mol. The van der Waals surface area contributed by atoms with Crippen molar-refractivity contribution in [1.29, 1.82) is 0 Å². The number of nitrogen functional groups attached to an aromatic ring is 1. The zero-order valence-electron chi connectivity index (χ0n) is 11.8. The Balaban J connectivity index is 2.07. The molecule has 1 aromatic rings. The Morgan fingerprint density at radius 3 is 2.80 bits per heavy atom. The first-order valence-corrected chi connectivity index (χ1v) is 6.59. The first-order valence-electron chi connectivity index (χ1n) is 6.59. The third-order valence-electron chi connectivity index (χ3n) is 3.86. The highest BCUT2D eigenvalue weighted by Crippen LogP contribution is 2.31. The Bertz CT molecular complexity index is 499. The van der Waals surface area contributed by atoms with Gasteiger partial charge in [0.15, 0.2) is 0 Å². The first kappa shape index (κ1) is 14.4. The normalized spacial score (nSPS) is 18.7. The number of nitro groups is 1. The topological polar surface area (TPSA) is 110 Å². The van der Waals surface area contributed by atoms with Crippen LogP contribution in [0.15, 0.2) is 6.20 Å². The standard InChI is InChI=1S/C12H20N6O2/c1-12(3-5-17(2)6-4-12)8-15-10-9(18(19)20)7-14-11(13)16-10/h7H,3-6,8H2,1-2H3,(H3,13,14,15,16). The predicted molar refractivity (Wildman–Crippen MR) is 76.4 cm³/mol. The summed E-state index contributed by atoms with van der Waals surface area (Å²) in [5.41, 5.74) is 5.46. The van der Waals surface area contributed by atoms with Gasteiger partial charge in [-0.25, -0.2) is 4.98 Å². The van der Waals surface area contributed by atoms with E-state index >= 15 is 0 Å². The van der Waals surface area contributed by atoms with Crippen LogP contribution in [0.25, 0.3) is 0 Å². The zero-order chi connectivity index (χ0) is 14.8. The van der Waals surface area contributed by atoms with Crippen molar-refractivity contribution in [2.45, 2.75) is 19.8 Å². The summed E-state index contributed by atoms with van der Waals surface area (Å²) in [6.45, 7) is 4.89. The number of piperidine rings is 1. The molecule has 1 aliphatic rings. The van der Waals surface area contributed by atoms with Crippen molar-refractivity contribution in [3.8, 4) is 0 Å². The molecule has 8 nitrogen and oxygen atoms in total. The molecule has 2 heterocycles. The van der Waals surface area contributed by atoms with E-state index in [4.69, 9.17) is 5.73 Å². The van der Waals surface area contributed by atoms with E-state index in [0.717, 1.165) is 32.1 Å². The number of nitrogens with one attached hydrogen (secondary N) is 1. The second-order valence-electron chi connectivity index (χ2n) is 5.69. The molecular formula is C12H20N6O2. The van der Waals surface area contributed by atoms with Gasteiger partial charge in [0.1, 0.15) is 6.20 Å². The molecule has 0 unspecified atom stereocenters. The largest absolute Gasteiger partial charge is 0.368 e. The average Bonchev–Trinajstić information content (AvgIpc) is 2.40. The van der Waals surface area contributed by atoms with Crippen molar-refractivity contribution >= 4 is 17.5 Å². The van der Waals surface area contributed by atoms with Crippen molar-refractivity contribution < 1.29 is 4.92 Å².